The summed E-state index contributed by atoms with van der Waals surface area (Å²) < 4.78 is 5.06. The number of nitrogens with zero attached hydrogens (tertiary/aromatic N) is 1. The molecule has 0 unspecified atom stereocenters. The van der Waals surface area contributed by atoms with Crippen LogP contribution in [0.15, 0.2) is 48.5 Å². The summed E-state index contributed by atoms with van der Waals surface area (Å²) in [4.78, 5) is 50.4. The molecule has 2 aromatic rings. The Kier molecular flexibility index (Phi) is 6.07. The summed E-state index contributed by atoms with van der Waals surface area (Å²) in [6.45, 7) is 3.50. The van der Waals surface area contributed by atoms with Gasteiger partial charge >= 0.3 is 5.97 Å². The summed E-state index contributed by atoms with van der Waals surface area (Å²) >= 11 is 0. The second kappa shape index (κ2) is 8.68. The van der Waals surface area contributed by atoms with E-state index in [0.29, 0.717) is 11.1 Å². The number of carbonyl (C=O) groups excluding carboxylic acids is 4. The van der Waals surface area contributed by atoms with Crippen LogP contribution in [0.4, 0.5) is 5.69 Å². The van der Waals surface area contributed by atoms with Crippen LogP contribution in [-0.2, 0) is 9.53 Å². The van der Waals surface area contributed by atoms with Crippen LogP contribution in [0, 0.1) is 0 Å². The molecule has 2 aromatic carbocycles. The van der Waals surface area contributed by atoms with Crippen LogP contribution in [0.2, 0.25) is 0 Å². The maximum absolute atomic E-state index is 12.6. The van der Waals surface area contributed by atoms with Crippen LogP contribution in [-0.4, -0.2) is 36.3 Å². The minimum atomic E-state index is -0.707. The third-order valence-electron chi connectivity index (χ3n) is 4.60. The van der Waals surface area contributed by atoms with Gasteiger partial charge in [-0.05, 0) is 43.7 Å². The molecule has 1 aliphatic rings. The van der Waals surface area contributed by atoms with Crippen molar-refractivity contribution < 1.29 is 23.9 Å². The predicted molar refractivity (Wildman–Crippen MR) is 107 cm³/mol. The molecule has 1 atom stereocenters. The first-order valence-electron chi connectivity index (χ1n) is 9.46. The number of hydrogen-bond acceptors (Lipinski definition) is 5. The minimum Gasteiger partial charge on any atom is -0.452 e. The molecule has 7 nitrogen and oxygen atoms in total. The van der Waals surface area contributed by atoms with E-state index in [-0.39, 0.29) is 23.2 Å². The minimum absolute atomic E-state index is 0.00311. The molecule has 29 heavy (non-hydrogen) atoms. The van der Waals surface area contributed by atoms with Crippen molar-refractivity contribution >= 4 is 29.4 Å². The highest BCUT2D eigenvalue weighted by molar-refractivity contribution is 6.34. The summed E-state index contributed by atoms with van der Waals surface area (Å²) in [5, 5.41) is 2.75. The smallest absolute Gasteiger partial charge is 0.338 e. The van der Waals surface area contributed by atoms with Gasteiger partial charge in [-0.2, -0.15) is 0 Å². The number of hydrogen-bond donors (Lipinski definition) is 1. The first-order chi connectivity index (χ1) is 13.9. The Morgan fingerprint density at radius 3 is 2.31 bits per heavy atom. The SMILES string of the molecule is CCC[C@@H](C)NC(=O)COC(=O)c1cccc(N2C(=O)c3ccccc3C2=O)c1. The summed E-state index contributed by atoms with van der Waals surface area (Å²) in [5.41, 5.74) is 1.06. The Balaban J connectivity index is 1.69. The van der Waals surface area contributed by atoms with E-state index in [2.05, 4.69) is 5.32 Å². The highest BCUT2D eigenvalue weighted by atomic mass is 16.5. The Labute approximate surface area is 168 Å². The summed E-state index contributed by atoms with van der Waals surface area (Å²) in [7, 11) is 0. The van der Waals surface area contributed by atoms with Gasteiger partial charge in [-0.25, -0.2) is 9.69 Å². The van der Waals surface area contributed by atoms with Gasteiger partial charge in [0.1, 0.15) is 0 Å². The number of ether oxygens (including phenoxy) is 1. The molecule has 0 fully saturated rings. The Morgan fingerprint density at radius 2 is 1.69 bits per heavy atom. The van der Waals surface area contributed by atoms with Crippen LogP contribution in [0.25, 0.3) is 0 Å². The van der Waals surface area contributed by atoms with Crippen LogP contribution in [0.5, 0.6) is 0 Å². The fraction of sp³-hybridized carbons (Fsp3) is 0.273. The zero-order chi connectivity index (χ0) is 21.0. The van der Waals surface area contributed by atoms with Crippen molar-refractivity contribution in [3.63, 3.8) is 0 Å². The summed E-state index contributed by atoms with van der Waals surface area (Å²) in [6.07, 6.45) is 1.77. The van der Waals surface area contributed by atoms with Crippen LogP contribution < -0.4 is 10.2 Å². The molecular weight excluding hydrogens is 372 g/mol. The van der Waals surface area contributed by atoms with Crippen LogP contribution >= 0.6 is 0 Å². The zero-order valence-corrected chi connectivity index (χ0v) is 16.3. The van der Waals surface area contributed by atoms with E-state index in [0.717, 1.165) is 17.7 Å². The highest BCUT2D eigenvalue weighted by Gasteiger charge is 2.36. The Morgan fingerprint density at radius 1 is 1.03 bits per heavy atom. The molecule has 0 saturated heterocycles. The van der Waals surface area contributed by atoms with Gasteiger partial charge in [-0.15, -0.1) is 0 Å². The van der Waals surface area contributed by atoms with Gasteiger partial charge in [-0.3, -0.25) is 14.4 Å². The van der Waals surface area contributed by atoms with Crippen LogP contribution in [0.1, 0.15) is 57.8 Å². The molecule has 0 spiro atoms. The molecule has 1 N–H and O–H groups in total. The second-order valence-corrected chi connectivity index (χ2v) is 6.87. The van der Waals surface area contributed by atoms with E-state index in [1.807, 2.05) is 13.8 Å². The fourth-order valence-corrected chi connectivity index (χ4v) is 3.23. The maximum atomic E-state index is 12.6. The molecule has 0 saturated carbocycles. The van der Waals surface area contributed by atoms with Crippen molar-refractivity contribution in [2.24, 2.45) is 0 Å². The second-order valence-electron chi connectivity index (χ2n) is 6.87. The molecule has 1 aliphatic heterocycles. The van der Waals surface area contributed by atoms with Gasteiger partial charge in [0.25, 0.3) is 17.7 Å². The topological polar surface area (TPSA) is 92.8 Å². The lowest BCUT2D eigenvalue weighted by atomic mass is 10.1. The van der Waals surface area contributed by atoms with E-state index in [1.54, 1.807) is 36.4 Å². The number of benzene rings is 2. The lowest BCUT2D eigenvalue weighted by molar-refractivity contribution is -0.124. The number of fused-ring (bicyclic) bond motifs is 1. The highest BCUT2D eigenvalue weighted by Crippen LogP contribution is 2.28. The number of anilines is 1. The van der Waals surface area contributed by atoms with E-state index in [4.69, 9.17) is 4.74 Å². The normalized spacial score (nSPS) is 13.8. The lowest BCUT2D eigenvalue weighted by Crippen LogP contribution is -2.35. The maximum Gasteiger partial charge on any atom is 0.338 e. The molecule has 0 aliphatic carbocycles. The quantitative estimate of drug-likeness (QED) is 0.576. The largest absolute Gasteiger partial charge is 0.452 e. The number of carbonyl (C=O) groups is 4. The molecule has 0 bridgehead atoms. The van der Waals surface area contributed by atoms with Crippen molar-refractivity contribution in [3.8, 4) is 0 Å². The van der Waals surface area contributed by atoms with Gasteiger partial charge in [-0.1, -0.05) is 31.5 Å². The van der Waals surface area contributed by atoms with Gasteiger partial charge in [0.15, 0.2) is 6.61 Å². The number of amides is 3. The standard InChI is InChI=1S/C22H22N2O5/c1-3-7-14(2)23-19(25)13-29-22(28)15-8-6-9-16(12-15)24-20(26)17-10-4-5-11-18(17)21(24)27/h4-6,8-12,14H,3,7,13H2,1-2H3,(H,23,25)/t14-/m1/s1. The first kappa shape index (κ1) is 20.3. The molecule has 7 heteroatoms. The summed E-state index contributed by atoms with van der Waals surface area (Å²) in [6, 6.07) is 12.6. The third-order valence-corrected chi connectivity index (χ3v) is 4.60. The van der Waals surface area contributed by atoms with Crippen molar-refractivity contribution in [1.82, 2.24) is 5.32 Å². The van der Waals surface area contributed by atoms with Crippen molar-refractivity contribution in [3.05, 3.63) is 65.2 Å². The van der Waals surface area contributed by atoms with Crippen molar-refractivity contribution in [2.45, 2.75) is 32.7 Å². The monoisotopic (exact) mass is 394 g/mol. The molecule has 150 valence electrons. The van der Waals surface area contributed by atoms with Gasteiger partial charge < -0.3 is 10.1 Å². The van der Waals surface area contributed by atoms with Gasteiger partial charge in [0.05, 0.1) is 22.4 Å². The molecule has 0 radical (unpaired) electrons. The zero-order valence-electron chi connectivity index (χ0n) is 16.3. The van der Waals surface area contributed by atoms with Crippen molar-refractivity contribution in [1.29, 1.82) is 0 Å². The van der Waals surface area contributed by atoms with E-state index < -0.39 is 24.4 Å². The van der Waals surface area contributed by atoms with Crippen molar-refractivity contribution in [2.75, 3.05) is 11.5 Å². The van der Waals surface area contributed by atoms with Crippen LogP contribution in [0.3, 0.4) is 0 Å². The summed E-state index contributed by atoms with van der Waals surface area (Å²) in [5.74, 6) is -1.97. The molecular formula is C22H22N2O5. The molecule has 1 heterocycles. The first-order valence-corrected chi connectivity index (χ1v) is 9.46. The average Bonchev–Trinajstić information content (AvgIpc) is 2.97. The molecule has 0 aromatic heterocycles. The third kappa shape index (κ3) is 4.34. The number of rotatable bonds is 7. The van der Waals surface area contributed by atoms with E-state index in [1.165, 1.54) is 12.1 Å². The van der Waals surface area contributed by atoms with E-state index >= 15 is 0 Å². The number of nitrogens with one attached hydrogen (secondary N) is 1. The molecule has 3 rings (SSSR count). The number of esters is 1. The van der Waals surface area contributed by atoms with Gasteiger partial charge in [0.2, 0.25) is 0 Å². The average molecular weight is 394 g/mol. The fourth-order valence-electron chi connectivity index (χ4n) is 3.23. The Bertz CT molecular complexity index is 934. The predicted octanol–water partition coefficient (Wildman–Crippen LogP) is 2.95. The molecule has 3 amide bonds. The van der Waals surface area contributed by atoms with Gasteiger partial charge in [0, 0.05) is 6.04 Å². The lowest BCUT2D eigenvalue weighted by Gasteiger charge is -2.15. The number of imide groups is 1. The van der Waals surface area contributed by atoms with E-state index in [9.17, 15) is 19.2 Å². The Hall–Kier alpha value is -3.48.